The van der Waals surface area contributed by atoms with Crippen LogP contribution in [0.1, 0.15) is 6.23 Å². The normalized spacial score (nSPS) is 35.9. The lowest BCUT2D eigenvalue weighted by atomic mass is 10.1. The topological polar surface area (TPSA) is 104 Å². The lowest BCUT2D eigenvalue weighted by Crippen LogP contribution is -2.33. The molecule has 1 fully saturated rings. The Morgan fingerprint density at radius 1 is 1.53 bits per heavy atom. The van der Waals surface area contributed by atoms with Gasteiger partial charge in [0.25, 0.3) is 0 Å². The van der Waals surface area contributed by atoms with Gasteiger partial charge in [0.05, 0.1) is 6.61 Å². The van der Waals surface area contributed by atoms with E-state index in [4.69, 9.17) is 22.1 Å². The Bertz CT molecular complexity index is 392. The zero-order valence-electron chi connectivity index (χ0n) is 7.65. The Morgan fingerprint density at radius 2 is 2.27 bits per heavy atom. The van der Waals surface area contributed by atoms with Gasteiger partial charge < -0.3 is 20.1 Å². The van der Waals surface area contributed by atoms with Crippen molar-refractivity contribution in [3.63, 3.8) is 0 Å². The number of aromatic nitrogens is 3. The molecule has 1 aliphatic rings. The van der Waals surface area contributed by atoms with Crippen molar-refractivity contribution in [3.8, 4) is 0 Å². The van der Waals surface area contributed by atoms with Crippen LogP contribution < -0.4 is 0 Å². The molecular weight excluding hydrogens is 222 g/mol. The summed E-state index contributed by atoms with van der Waals surface area (Å²) in [5, 5.41) is 34.2. The number of aromatic amines is 1. The number of hydrogen-bond donors (Lipinski definition) is 4. The summed E-state index contributed by atoms with van der Waals surface area (Å²) in [6.45, 7) is -0.361. The number of nitrogens with zero attached hydrogens (tertiary/aromatic N) is 2. The Morgan fingerprint density at radius 3 is 2.73 bits per heavy atom. The molecule has 1 aliphatic heterocycles. The SMILES string of the molecule is OC[C@H]1OC(n2cn[nH]c2=S)[C@H](O)[C@@H]1O. The molecule has 0 aliphatic carbocycles. The van der Waals surface area contributed by atoms with E-state index in [2.05, 4.69) is 10.2 Å². The number of rotatable bonds is 2. The molecule has 15 heavy (non-hydrogen) atoms. The van der Waals surface area contributed by atoms with E-state index < -0.39 is 24.5 Å². The Kier molecular flexibility index (Phi) is 2.85. The summed E-state index contributed by atoms with van der Waals surface area (Å²) in [4.78, 5) is 0. The smallest absolute Gasteiger partial charge is 0.197 e. The first-order chi connectivity index (χ1) is 7.15. The highest BCUT2D eigenvalue weighted by molar-refractivity contribution is 7.71. The Balaban J connectivity index is 2.26. The number of nitrogens with one attached hydrogen (secondary N) is 1. The van der Waals surface area contributed by atoms with Gasteiger partial charge in [-0.1, -0.05) is 0 Å². The molecule has 2 heterocycles. The standard InChI is InChI=1S/C7H11N3O4S/c11-1-3-4(12)5(13)6(14-3)10-2-8-9-7(10)15/h2-6,11-13H,1H2,(H,9,15)/t3-,4-,5-,6?/m1/s1. The highest BCUT2D eigenvalue weighted by Gasteiger charge is 2.43. The Labute approximate surface area is 89.9 Å². The number of ether oxygens (including phenoxy) is 1. The van der Waals surface area contributed by atoms with Gasteiger partial charge in [-0.3, -0.25) is 9.67 Å². The van der Waals surface area contributed by atoms with Gasteiger partial charge in [-0.15, -0.1) is 0 Å². The average molecular weight is 233 g/mol. The van der Waals surface area contributed by atoms with E-state index in [1.165, 1.54) is 10.9 Å². The molecule has 1 aromatic heterocycles. The second kappa shape index (κ2) is 3.99. The maximum Gasteiger partial charge on any atom is 0.197 e. The summed E-state index contributed by atoms with van der Waals surface area (Å²) in [5.74, 6) is 0. The molecule has 1 aromatic rings. The van der Waals surface area contributed by atoms with E-state index in [1.807, 2.05) is 0 Å². The Hall–Kier alpha value is -0.800. The van der Waals surface area contributed by atoms with E-state index in [1.54, 1.807) is 0 Å². The molecule has 7 nitrogen and oxygen atoms in total. The van der Waals surface area contributed by atoms with Gasteiger partial charge in [0.1, 0.15) is 24.6 Å². The van der Waals surface area contributed by atoms with Gasteiger partial charge in [-0.2, -0.15) is 5.10 Å². The van der Waals surface area contributed by atoms with Crippen molar-refractivity contribution in [1.82, 2.24) is 14.8 Å². The zero-order chi connectivity index (χ0) is 11.0. The van der Waals surface area contributed by atoms with Crippen LogP contribution in [0.5, 0.6) is 0 Å². The van der Waals surface area contributed by atoms with Crippen molar-refractivity contribution < 1.29 is 20.1 Å². The summed E-state index contributed by atoms with van der Waals surface area (Å²) >= 11 is 4.90. The molecule has 1 unspecified atom stereocenters. The van der Waals surface area contributed by atoms with Crippen molar-refractivity contribution in [2.24, 2.45) is 0 Å². The van der Waals surface area contributed by atoms with Gasteiger partial charge in [-0.25, -0.2) is 0 Å². The summed E-state index contributed by atoms with van der Waals surface area (Å²) in [5.41, 5.74) is 0. The molecule has 0 spiro atoms. The number of hydrogen-bond acceptors (Lipinski definition) is 6. The molecule has 0 saturated carbocycles. The van der Waals surface area contributed by atoms with Crippen LogP contribution >= 0.6 is 12.2 Å². The van der Waals surface area contributed by atoms with Crippen LogP contribution in [0.3, 0.4) is 0 Å². The third kappa shape index (κ3) is 1.70. The fourth-order valence-corrected chi connectivity index (χ4v) is 1.75. The van der Waals surface area contributed by atoms with E-state index >= 15 is 0 Å². The minimum Gasteiger partial charge on any atom is -0.394 e. The average Bonchev–Trinajstić information content (AvgIpc) is 2.74. The highest BCUT2D eigenvalue weighted by Crippen LogP contribution is 2.28. The van der Waals surface area contributed by atoms with E-state index in [9.17, 15) is 10.2 Å². The largest absolute Gasteiger partial charge is 0.394 e. The second-order valence-corrected chi connectivity index (χ2v) is 3.68. The number of aliphatic hydroxyl groups excluding tert-OH is 3. The molecule has 1 saturated heterocycles. The van der Waals surface area contributed by atoms with Crippen LogP contribution in [0, 0.1) is 4.77 Å². The predicted molar refractivity (Wildman–Crippen MR) is 50.4 cm³/mol. The van der Waals surface area contributed by atoms with Crippen molar-refractivity contribution >= 4 is 12.2 Å². The van der Waals surface area contributed by atoms with Crippen molar-refractivity contribution in [1.29, 1.82) is 0 Å². The quantitative estimate of drug-likeness (QED) is 0.466. The summed E-state index contributed by atoms with van der Waals surface area (Å²) < 4.78 is 6.92. The van der Waals surface area contributed by atoms with Gasteiger partial charge >= 0.3 is 0 Å². The van der Waals surface area contributed by atoms with Crippen LogP contribution in [0.2, 0.25) is 0 Å². The first-order valence-electron chi connectivity index (χ1n) is 4.39. The van der Waals surface area contributed by atoms with E-state index in [0.717, 1.165) is 0 Å². The first-order valence-corrected chi connectivity index (χ1v) is 4.80. The number of aliphatic hydroxyl groups is 3. The lowest BCUT2D eigenvalue weighted by molar-refractivity contribution is -0.0535. The highest BCUT2D eigenvalue weighted by atomic mass is 32.1. The summed E-state index contributed by atoms with van der Waals surface area (Å²) in [7, 11) is 0. The molecule has 0 aromatic carbocycles. The fourth-order valence-electron chi connectivity index (χ4n) is 1.55. The van der Waals surface area contributed by atoms with Crippen LogP contribution in [-0.2, 0) is 4.74 Å². The molecule has 0 amide bonds. The minimum absolute atomic E-state index is 0.282. The zero-order valence-corrected chi connectivity index (χ0v) is 8.46. The first kappa shape index (κ1) is 10.7. The minimum atomic E-state index is -1.13. The third-order valence-corrected chi connectivity index (χ3v) is 2.67. The molecule has 4 atom stereocenters. The molecule has 2 rings (SSSR count). The van der Waals surface area contributed by atoms with Gasteiger partial charge in [0.15, 0.2) is 11.0 Å². The maximum absolute atomic E-state index is 9.66. The van der Waals surface area contributed by atoms with Crippen LogP contribution in [0.4, 0.5) is 0 Å². The molecule has 0 bridgehead atoms. The molecule has 4 N–H and O–H groups in total. The monoisotopic (exact) mass is 233 g/mol. The molecule has 0 radical (unpaired) electrons. The second-order valence-electron chi connectivity index (χ2n) is 3.30. The third-order valence-electron chi connectivity index (χ3n) is 2.37. The van der Waals surface area contributed by atoms with Crippen LogP contribution in [-0.4, -0.2) is 55.0 Å². The molecule has 8 heteroatoms. The lowest BCUT2D eigenvalue weighted by Gasteiger charge is -2.14. The van der Waals surface area contributed by atoms with Crippen LogP contribution in [0.25, 0.3) is 0 Å². The fraction of sp³-hybridized carbons (Fsp3) is 0.714. The summed E-state index contributed by atoms with van der Waals surface area (Å²) in [6, 6.07) is 0. The van der Waals surface area contributed by atoms with Gasteiger partial charge in [-0.05, 0) is 12.2 Å². The van der Waals surface area contributed by atoms with Gasteiger partial charge in [0.2, 0.25) is 0 Å². The van der Waals surface area contributed by atoms with E-state index in [-0.39, 0.29) is 11.4 Å². The van der Waals surface area contributed by atoms with Crippen LogP contribution in [0.15, 0.2) is 6.33 Å². The number of H-pyrrole nitrogens is 1. The summed E-state index contributed by atoms with van der Waals surface area (Å²) in [6.07, 6.45) is -2.52. The molecular formula is C7H11N3O4S. The maximum atomic E-state index is 9.66. The van der Waals surface area contributed by atoms with Crippen molar-refractivity contribution in [3.05, 3.63) is 11.1 Å². The predicted octanol–water partition coefficient (Wildman–Crippen LogP) is -1.45. The molecule has 84 valence electrons. The van der Waals surface area contributed by atoms with Gasteiger partial charge in [0, 0.05) is 0 Å². The van der Waals surface area contributed by atoms with Crippen molar-refractivity contribution in [2.45, 2.75) is 24.5 Å². The van der Waals surface area contributed by atoms with Crippen molar-refractivity contribution in [2.75, 3.05) is 6.61 Å². The van der Waals surface area contributed by atoms with E-state index in [0.29, 0.717) is 0 Å².